The Labute approximate surface area is 118 Å². The molecule has 0 bridgehead atoms. The fourth-order valence-corrected chi connectivity index (χ4v) is 4.16. The van der Waals surface area contributed by atoms with E-state index in [1.807, 2.05) is 0 Å². The van der Waals surface area contributed by atoms with Gasteiger partial charge in [-0.05, 0) is 46.0 Å². The molecule has 0 aromatic rings. The number of ketones is 1. The Kier molecular flexibility index (Phi) is 3.85. The lowest BCUT2D eigenvalue weighted by molar-refractivity contribution is -0.133. The number of Topliss-reactive ketones (excluding diaryl/α,β-unsaturated/α-hetero) is 1. The summed E-state index contributed by atoms with van der Waals surface area (Å²) in [5.74, 6) is 1.20. The maximum atomic E-state index is 12.8. The highest BCUT2D eigenvalue weighted by Crippen LogP contribution is 2.44. The molecule has 0 radical (unpaired) electrons. The Morgan fingerprint density at radius 1 is 1.00 bits per heavy atom. The Morgan fingerprint density at radius 2 is 1.58 bits per heavy atom. The number of fused-ring (bicyclic) bond motifs is 1. The second-order valence-corrected chi connectivity index (χ2v) is 8.56. The van der Waals surface area contributed by atoms with Crippen molar-refractivity contribution in [2.45, 2.75) is 91.3 Å². The van der Waals surface area contributed by atoms with E-state index in [9.17, 15) is 4.79 Å². The highest BCUT2D eigenvalue weighted by molar-refractivity contribution is 5.89. The Morgan fingerprint density at radius 3 is 2.11 bits per heavy atom. The first-order valence-corrected chi connectivity index (χ1v) is 7.95. The zero-order chi connectivity index (χ0) is 14.4. The highest BCUT2D eigenvalue weighted by Gasteiger charge is 2.50. The number of carbonyl (C=O) groups excluding carboxylic acids is 1. The summed E-state index contributed by atoms with van der Waals surface area (Å²) >= 11 is 0. The Bertz CT molecular complexity index is 347. The summed E-state index contributed by atoms with van der Waals surface area (Å²) in [7, 11) is 0. The second kappa shape index (κ2) is 4.87. The molecule has 2 fully saturated rings. The maximum Gasteiger partial charge on any atom is 0.155 e. The largest absolute Gasteiger partial charge is 0.297 e. The van der Waals surface area contributed by atoms with Gasteiger partial charge in [-0.15, -0.1) is 0 Å². The molecule has 3 atom stereocenters. The third-order valence-electron chi connectivity index (χ3n) is 4.90. The topological polar surface area (TPSA) is 20.3 Å². The van der Waals surface area contributed by atoms with E-state index in [1.54, 1.807) is 0 Å². The molecule has 2 aliphatic rings. The molecule has 2 rings (SSSR count). The molecular weight excluding hydrogens is 234 g/mol. The molecule has 2 heteroatoms. The van der Waals surface area contributed by atoms with E-state index in [-0.39, 0.29) is 17.0 Å². The van der Waals surface area contributed by atoms with Crippen LogP contribution in [0.25, 0.3) is 0 Å². The van der Waals surface area contributed by atoms with Gasteiger partial charge in [-0.2, -0.15) is 0 Å². The lowest BCUT2D eigenvalue weighted by atomic mass is 9.82. The van der Waals surface area contributed by atoms with Crippen LogP contribution in [0.4, 0.5) is 0 Å². The van der Waals surface area contributed by atoms with Crippen LogP contribution in [0.15, 0.2) is 0 Å². The summed E-state index contributed by atoms with van der Waals surface area (Å²) < 4.78 is 0. The fraction of sp³-hybridized carbons (Fsp3) is 0.941. The van der Waals surface area contributed by atoms with Gasteiger partial charge in [-0.1, -0.05) is 33.6 Å². The van der Waals surface area contributed by atoms with Crippen molar-refractivity contribution in [3.63, 3.8) is 0 Å². The van der Waals surface area contributed by atoms with E-state index in [1.165, 1.54) is 25.7 Å². The van der Waals surface area contributed by atoms with Gasteiger partial charge in [0, 0.05) is 17.0 Å². The molecule has 1 aliphatic heterocycles. The zero-order valence-electron chi connectivity index (χ0n) is 13.6. The zero-order valence-corrected chi connectivity index (χ0v) is 13.6. The van der Waals surface area contributed by atoms with Crippen LogP contribution in [0, 0.1) is 11.3 Å². The van der Waals surface area contributed by atoms with Crippen molar-refractivity contribution in [3.05, 3.63) is 0 Å². The predicted octanol–water partition coefficient (Wildman–Crippen LogP) is 4.03. The number of likely N-dealkylation sites (tertiary alicyclic amines) is 1. The molecule has 0 spiro atoms. The third-order valence-corrected chi connectivity index (χ3v) is 4.90. The third kappa shape index (κ3) is 2.89. The highest BCUT2D eigenvalue weighted by atomic mass is 16.1. The number of hydrogen-bond acceptors (Lipinski definition) is 2. The first-order valence-electron chi connectivity index (χ1n) is 7.95. The Balaban J connectivity index is 2.29. The standard InChI is InChI=1S/C17H31NO/c1-16(2,3)15(19)14-11-12-9-7-8-10-13(12)18(14)17(4,5)6/h12-14H,7-11H2,1-6H3. The number of carbonyl (C=O) groups is 1. The van der Waals surface area contributed by atoms with Crippen LogP contribution in [0.5, 0.6) is 0 Å². The summed E-state index contributed by atoms with van der Waals surface area (Å²) in [6.45, 7) is 13.0. The molecule has 0 aromatic carbocycles. The van der Waals surface area contributed by atoms with Crippen molar-refractivity contribution in [1.82, 2.24) is 4.90 Å². The van der Waals surface area contributed by atoms with Crippen LogP contribution in [0.1, 0.15) is 73.6 Å². The quantitative estimate of drug-likeness (QED) is 0.713. The Hall–Kier alpha value is -0.370. The molecule has 3 unspecified atom stereocenters. The van der Waals surface area contributed by atoms with Crippen molar-refractivity contribution >= 4 is 5.78 Å². The van der Waals surface area contributed by atoms with Gasteiger partial charge in [0.1, 0.15) is 0 Å². The molecule has 1 aliphatic carbocycles. The van der Waals surface area contributed by atoms with Crippen molar-refractivity contribution in [1.29, 1.82) is 0 Å². The average molecular weight is 265 g/mol. The van der Waals surface area contributed by atoms with Gasteiger partial charge in [0.05, 0.1) is 6.04 Å². The van der Waals surface area contributed by atoms with Crippen LogP contribution in [0.2, 0.25) is 0 Å². The minimum atomic E-state index is -0.221. The molecule has 1 saturated carbocycles. The van der Waals surface area contributed by atoms with Crippen molar-refractivity contribution in [3.8, 4) is 0 Å². The van der Waals surface area contributed by atoms with E-state index in [4.69, 9.17) is 0 Å². The van der Waals surface area contributed by atoms with E-state index < -0.39 is 0 Å². The summed E-state index contributed by atoms with van der Waals surface area (Å²) in [4.78, 5) is 15.4. The summed E-state index contributed by atoms with van der Waals surface area (Å²) in [6, 6.07) is 0.790. The lowest BCUT2D eigenvalue weighted by Gasteiger charge is -2.43. The predicted molar refractivity (Wildman–Crippen MR) is 80.2 cm³/mol. The van der Waals surface area contributed by atoms with E-state index in [0.717, 1.165) is 12.3 Å². The van der Waals surface area contributed by atoms with Gasteiger partial charge >= 0.3 is 0 Å². The average Bonchev–Trinajstić information content (AvgIpc) is 2.64. The first kappa shape index (κ1) is 15.0. The van der Waals surface area contributed by atoms with Crippen LogP contribution in [-0.4, -0.2) is 28.3 Å². The van der Waals surface area contributed by atoms with Crippen LogP contribution in [0.3, 0.4) is 0 Å². The van der Waals surface area contributed by atoms with E-state index in [0.29, 0.717) is 11.8 Å². The van der Waals surface area contributed by atoms with Crippen molar-refractivity contribution in [2.24, 2.45) is 11.3 Å². The van der Waals surface area contributed by atoms with Gasteiger partial charge in [-0.25, -0.2) is 0 Å². The van der Waals surface area contributed by atoms with Crippen molar-refractivity contribution < 1.29 is 4.79 Å². The minimum Gasteiger partial charge on any atom is -0.297 e. The van der Waals surface area contributed by atoms with Crippen LogP contribution >= 0.6 is 0 Å². The molecular formula is C17H31NO. The van der Waals surface area contributed by atoms with E-state index in [2.05, 4.69) is 46.4 Å². The molecule has 0 amide bonds. The van der Waals surface area contributed by atoms with Crippen LogP contribution in [-0.2, 0) is 4.79 Å². The number of nitrogens with zero attached hydrogens (tertiary/aromatic N) is 1. The lowest BCUT2D eigenvalue weighted by Crippen LogP contribution is -2.54. The van der Waals surface area contributed by atoms with Gasteiger partial charge in [0.25, 0.3) is 0 Å². The van der Waals surface area contributed by atoms with E-state index >= 15 is 0 Å². The molecule has 2 nitrogen and oxygen atoms in total. The maximum absolute atomic E-state index is 12.8. The molecule has 19 heavy (non-hydrogen) atoms. The van der Waals surface area contributed by atoms with Crippen molar-refractivity contribution in [2.75, 3.05) is 0 Å². The van der Waals surface area contributed by atoms with Gasteiger partial charge < -0.3 is 0 Å². The normalized spacial score (nSPS) is 33.3. The fourth-order valence-electron chi connectivity index (χ4n) is 4.16. The minimum absolute atomic E-state index is 0.0995. The number of hydrogen-bond donors (Lipinski definition) is 0. The first-order chi connectivity index (χ1) is 8.62. The molecule has 110 valence electrons. The molecule has 0 N–H and O–H groups in total. The molecule has 1 heterocycles. The number of rotatable bonds is 1. The monoisotopic (exact) mass is 265 g/mol. The van der Waals surface area contributed by atoms with Gasteiger partial charge in [0.2, 0.25) is 0 Å². The van der Waals surface area contributed by atoms with Crippen LogP contribution < -0.4 is 0 Å². The molecule has 0 aromatic heterocycles. The summed E-state index contributed by atoms with van der Waals surface area (Å²) in [5, 5.41) is 0. The van der Waals surface area contributed by atoms with Gasteiger partial charge in [-0.3, -0.25) is 9.69 Å². The summed E-state index contributed by atoms with van der Waals surface area (Å²) in [5.41, 5.74) is -0.121. The smallest absolute Gasteiger partial charge is 0.155 e. The summed E-state index contributed by atoms with van der Waals surface area (Å²) in [6.07, 6.45) is 6.40. The molecule has 1 saturated heterocycles. The van der Waals surface area contributed by atoms with Gasteiger partial charge in [0.15, 0.2) is 5.78 Å². The SMILES string of the molecule is CC(C)(C)C(=O)C1CC2CCCCC2N1C(C)(C)C. The second-order valence-electron chi connectivity index (χ2n) is 8.56.